The van der Waals surface area contributed by atoms with Crippen LogP contribution < -0.4 is 16.6 Å². The minimum Gasteiger partial charge on any atom is -0.395 e. The van der Waals surface area contributed by atoms with E-state index >= 15 is 0 Å². The van der Waals surface area contributed by atoms with Crippen LogP contribution in [0.5, 0.6) is 0 Å². The van der Waals surface area contributed by atoms with Gasteiger partial charge in [0, 0.05) is 20.7 Å². The first kappa shape index (κ1) is 14.3. The standard InChI is InChI=1S/C11H17N5O4/c1-15-9(18)7-8(14-10(13-7)12-3-5-17)16(11(15)19)4-6-20-2/h17H,3-6H2,1-2H3,(H2,12,13,14). The molecular formula is C11H17N5O4. The Morgan fingerprint density at radius 1 is 1.45 bits per heavy atom. The summed E-state index contributed by atoms with van der Waals surface area (Å²) in [4.78, 5) is 31.1. The summed E-state index contributed by atoms with van der Waals surface area (Å²) in [5.41, 5.74) is -0.373. The predicted molar refractivity (Wildman–Crippen MR) is 73.0 cm³/mol. The largest absolute Gasteiger partial charge is 0.395 e. The highest BCUT2D eigenvalue weighted by atomic mass is 16.5. The van der Waals surface area contributed by atoms with Gasteiger partial charge < -0.3 is 20.1 Å². The van der Waals surface area contributed by atoms with Crippen molar-refractivity contribution < 1.29 is 9.84 Å². The molecule has 0 unspecified atom stereocenters. The smallest absolute Gasteiger partial charge is 0.332 e. The molecule has 0 radical (unpaired) electrons. The molecule has 0 aliphatic carbocycles. The van der Waals surface area contributed by atoms with E-state index in [1.165, 1.54) is 18.7 Å². The zero-order chi connectivity index (χ0) is 14.7. The van der Waals surface area contributed by atoms with E-state index in [9.17, 15) is 9.59 Å². The van der Waals surface area contributed by atoms with Gasteiger partial charge in [-0.3, -0.25) is 13.9 Å². The van der Waals surface area contributed by atoms with E-state index in [-0.39, 0.29) is 17.8 Å². The van der Waals surface area contributed by atoms with Crippen LogP contribution in [0.3, 0.4) is 0 Å². The number of hydrogen-bond donors (Lipinski definition) is 3. The fraction of sp³-hybridized carbons (Fsp3) is 0.545. The molecule has 0 saturated heterocycles. The number of rotatable bonds is 6. The van der Waals surface area contributed by atoms with Crippen molar-refractivity contribution in [2.75, 3.05) is 32.2 Å². The quantitative estimate of drug-likeness (QED) is 0.593. The van der Waals surface area contributed by atoms with Gasteiger partial charge in [0.05, 0.1) is 19.8 Å². The van der Waals surface area contributed by atoms with Gasteiger partial charge in [-0.1, -0.05) is 0 Å². The molecule has 0 fully saturated rings. The minimum absolute atomic E-state index is 0.0640. The van der Waals surface area contributed by atoms with Crippen molar-refractivity contribution in [2.24, 2.45) is 7.05 Å². The molecule has 9 heteroatoms. The van der Waals surface area contributed by atoms with Crippen LogP contribution in [0.15, 0.2) is 9.59 Å². The third kappa shape index (κ3) is 2.45. The number of aromatic nitrogens is 4. The summed E-state index contributed by atoms with van der Waals surface area (Å²) in [6.07, 6.45) is 0. The number of imidazole rings is 1. The Morgan fingerprint density at radius 3 is 2.85 bits per heavy atom. The number of fused-ring (bicyclic) bond motifs is 1. The molecule has 3 N–H and O–H groups in total. The number of nitrogens with one attached hydrogen (secondary N) is 2. The van der Waals surface area contributed by atoms with E-state index < -0.39 is 11.2 Å². The molecule has 20 heavy (non-hydrogen) atoms. The summed E-state index contributed by atoms with van der Waals surface area (Å²) in [7, 11) is 2.94. The normalized spacial score (nSPS) is 11.2. The number of aliphatic hydroxyl groups excluding tert-OH is 1. The Morgan fingerprint density at radius 2 is 2.20 bits per heavy atom. The monoisotopic (exact) mass is 283 g/mol. The summed E-state index contributed by atoms with van der Waals surface area (Å²) < 4.78 is 7.35. The fourth-order valence-electron chi connectivity index (χ4n) is 1.88. The van der Waals surface area contributed by atoms with Crippen molar-refractivity contribution in [1.82, 2.24) is 19.1 Å². The topological polar surface area (TPSA) is 114 Å². The van der Waals surface area contributed by atoms with Gasteiger partial charge in [-0.05, 0) is 0 Å². The lowest BCUT2D eigenvalue weighted by Gasteiger charge is -2.07. The van der Waals surface area contributed by atoms with Gasteiger partial charge in [0.15, 0.2) is 11.2 Å². The van der Waals surface area contributed by atoms with E-state index in [0.717, 1.165) is 4.57 Å². The molecule has 2 aromatic rings. The SMILES string of the molecule is COCCn1c(=O)n(C)c(=O)c2[nH]c(NCCO)nc21. The number of hydrogen-bond acceptors (Lipinski definition) is 6. The highest BCUT2D eigenvalue weighted by Gasteiger charge is 2.15. The summed E-state index contributed by atoms with van der Waals surface area (Å²) in [6.45, 7) is 0.859. The molecule has 0 spiro atoms. The first-order valence-corrected chi connectivity index (χ1v) is 6.13. The van der Waals surface area contributed by atoms with Gasteiger partial charge in [-0.2, -0.15) is 4.98 Å². The van der Waals surface area contributed by atoms with E-state index in [1.54, 1.807) is 0 Å². The molecule has 110 valence electrons. The number of ether oxygens (including phenoxy) is 1. The highest BCUT2D eigenvalue weighted by Crippen LogP contribution is 2.08. The first-order chi connectivity index (χ1) is 9.60. The van der Waals surface area contributed by atoms with Crippen molar-refractivity contribution in [3.8, 4) is 0 Å². The molecule has 2 heterocycles. The number of nitrogens with zero attached hydrogens (tertiary/aromatic N) is 3. The van der Waals surface area contributed by atoms with E-state index in [1.807, 2.05) is 0 Å². The van der Waals surface area contributed by atoms with E-state index in [0.29, 0.717) is 25.6 Å². The third-order valence-corrected chi connectivity index (χ3v) is 2.90. The van der Waals surface area contributed by atoms with Crippen LogP contribution in [0, 0.1) is 0 Å². The fourth-order valence-corrected chi connectivity index (χ4v) is 1.88. The zero-order valence-electron chi connectivity index (χ0n) is 11.3. The number of methoxy groups -OCH3 is 1. The second kappa shape index (κ2) is 5.88. The zero-order valence-corrected chi connectivity index (χ0v) is 11.3. The lowest BCUT2D eigenvalue weighted by Crippen LogP contribution is -2.38. The lowest BCUT2D eigenvalue weighted by molar-refractivity contribution is 0.186. The first-order valence-electron chi connectivity index (χ1n) is 6.13. The Hall–Kier alpha value is -2.13. The van der Waals surface area contributed by atoms with Gasteiger partial charge in [-0.25, -0.2) is 4.79 Å². The molecule has 9 nitrogen and oxygen atoms in total. The second-order valence-corrected chi connectivity index (χ2v) is 4.23. The molecule has 0 aliphatic heterocycles. The van der Waals surface area contributed by atoms with Gasteiger partial charge in [-0.15, -0.1) is 0 Å². The lowest BCUT2D eigenvalue weighted by atomic mass is 10.5. The Bertz CT molecular complexity index is 714. The Labute approximate surface area is 113 Å². The van der Waals surface area contributed by atoms with Crippen molar-refractivity contribution in [3.63, 3.8) is 0 Å². The summed E-state index contributed by atoms with van der Waals surface area (Å²) >= 11 is 0. The van der Waals surface area contributed by atoms with Crippen molar-refractivity contribution >= 4 is 17.1 Å². The van der Waals surface area contributed by atoms with Gasteiger partial charge in [0.25, 0.3) is 5.56 Å². The summed E-state index contributed by atoms with van der Waals surface area (Å²) in [5.74, 6) is 0.336. The van der Waals surface area contributed by atoms with Crippen LogP contribution in [-0.4, -0.2) is 51.1 Å². The number of aliphatic hydroxyl groups is 1. The van der Waals surface area contributed by atoms with Crippen LogP contribution >= 0.6 is 0 Å². The minimum atomic E-state index is -0.445. The Balaban J connectivity index is 2.60. The highest BCUT2D eigenvalue weighted by molar-refractivity contribution is 5.72. The molecule has 0 aliphatic rings. The van der Waals surface area contributed by atoms with Crippen molar-refractivity contribution in [1.29, 1.82) is 0 Å². The Kier molecular flexibility index (Phi) is 4.20. The van der Waals surface area contributed by atoms with E-state index in [2.05, 4.69) is 15.3 Å². The third-order valence-electron chi connectivity index (χ3n) is 2.90. The maximum atomic E-state index is 12.1. The maximum absolute atomic E-state index is 12.1. The van der Waals surface area contributed by atoms with Crippen LogP contribution in [0.4, 0.5) is 5.95 Å². The van der Waals surface area contributed by atoms with Crippen LogP contribution in [0.25, 0.3) is 11.2 Å². The maximum Gasteiger partial charge on any atom is 0.332 e. The van der Waals surface area contributed by atoms with Crippen molar-refractivity contribution in [2.45, 2.75) is 6.54 Å². The number of anilines is 1. The van der Waals surface area contributed by atoms with Gasteiger partial charge in [0.1, 0.15) is 0 Å². The molecule has 0 bridgehead atoms. The molecule has 2 rings (SSSR count). The molecule has 2 aromatic heterocycles. The average molecular weight is 283 g/mol. The van der Waals surface area contributed by atoms with Crippen LogP contribution in [0.1, 0.15) is 0 Å². The molecule has 0 amide bonds. The van der Waals surface area contributed by atoms with Crippen molar-refractivity contribution in [3.05, 3.63) is 20.8 Å². The summed E-state index contributed by atoms with van der Waals surface area (Å²) in [6, 6.07) is 0. The number of H-pyrrole nitrogens is 1. The molecular weight excluding hydrogens is 266 g/mol. The van der Waals surface area contributed by atoms with Gasteiger partial charge in [0.2, 0.25) is 5.95 Å². The van der Waals surface area contributed by atoms with Gasteiger partial charge >= 0.3 is 5.69 Å². The molecule has 0 atom stereocenters. The second-order valence-electron chi connectivity index (χ2n) is 4.23. The van der Waals surface area contributed by atoms with Crippen LogP contribution in [-0.2, 0) is 18.3 Å². The number of aromatic amines is 1. The summed E-state index contributed by atoms with van der Waals surface area (Å²) in [5, 5.41) is 11.6. The van der Waals surface area contributed by atoms with Crippen LogP contribution in [0.2, 0.25) is 0 Å². The predicted octanol–water partition coefficient (Wildman–Crippen LogP) is -1.53. The van der Waals surface area contributed by atoms with E-state index in [4.69, 9.17) is 9.84 Å². The molecule has 0 saturated carbocycles. The average Bonchev–Trinajstić information content (AvgIpc) is 2.87. The molecule has 0 aromatic carbocycles.